The summed E-state index contributed by atoms with van der Waals surface area (Å²) >= 11 is 0. The molecule has 13 heteroatoms. The van der Waals surface area contributed by atoms with E-state index in [-0.39, 0.29) is 36.9 Å². The maximum absolute atomic E-state index is 14.6. The predicted molar refractivity (Wildman–Crippen MR) is 171 cm³/mol. The monoisotopic (exact) mass is 704 g/mol. The van der Waals surface area contributed by atoms with Gasteiger partial charge in [0.25, 0.3) is 0 Å². The lowest BCUT2D eigenvalue weighted by Crippen LogP contribution is -2.77. The highest BCUT2D eigenvalue weighted by Gasteiger charge is 2.83. The van der Waals surface area contributed by atoms with E-state index in [1.807, 2.05) is 27.7 Å². The standard InChI is InChI=1S/C37H52O13/c1-14(2)10-22(40)50-31-28-19(48-28)13-37(45)30(42)27(41)23-18(34(31,37)7)12-20(46-16(4)38)33(6)24-15(3)11-21-35(8,36(9,44)32(43)49-21)26(24)29(25(23)33)47-17(5)39/h11,14-15,18-20,22-29,31,40-41,44-45H,10,12-13H2,1-9H3/t15-,18?,19+,20+,22?,23-,24+,25-,26+,27-,28+,29-,31+,33-,34+,35+,36-,37+/m1/s1. The molecule has 0 aromatic rings. The zero-order valence-electron chi connectivity index (χ0n) is 30.2. The van der Waals surface area contributed by atoms with Gasteiger partial charge in [0.05, 0.1) is 17.6 Å². The van der Waals surface area contributed by atoms with Gasteiger partial charge in [0.2, 0.25) is 0 Å². The van der Waals surface area contributed by atoms with Crippen molar-refractivity contribution in [2.75, 3.05) is 0 Å². The second-order valence-corrected chi connectivity index (χ2v) is 17.5. The lowest BCUT2D eigenvalue weighted by molar-refractivity contribution is -0.287. The fraction of sp³-hybridized carbons (Fsp3) is 0.838. The Balaban J connectivity index is 1.45. The Morgan fingerprint density at radius 1 is 1.02 bits per heavy atom. The molecule has 7 aliphatic rings. The Kier molecular flexibility index (Phi) is 7.95. The number of carbonyl (C=O) groups is 4. The Morgan fingerprint density at radius 2 is 1.66 bits per heavy atom. The summed E-state index contributed by atoms with van der Waals surface area (Å²) in [6.45, 7) is 15.1. The molecule has 50 heavy (non-hydrogen) atoms. The summed E-state index contributed by atoms with van der Waals surface area (Å²) in [4.78, 5) is 53.8. The second-order valence-electron chi connectivity index (χ2n) is 17.5. The van der Waals surface area contributed by atoms with Crippen molar-refractivity contribution in [2.24, 2.45) is 57.7 Å². The molecule has 0 radical (unpaired) electrons. The highest BCUT2D eigenvalue weighted by atomic mass is 16.7. The first-order chi connectivity index (χ1) is 23.1. The number of hydrogen-bond acceptors (Lipinski definition) is 13. The second kappa shape index (κ2) is 11.1. The van der Waals surface area contributed by atoms with Gasteiger partial charge in [-0.05, 0) is 50.0 Å². The normalized spacial score (nSPS) is 53.4. The number of aliphatic hydroxyl groups is 4. The van der Waals surface area contributed by atoms with Crippen molar-refractivity contribution in [1.82, 2.24) is 0 Å². The molecule has 18 atom stereocenters. The van der Waals surface area contributed by atoms with Gasteiger partial charge in [-0.25, -0.2) is 4.79 Å². The number of ether oxygens (including phenoxy) is 5. The van der Waals surface area contributed by atoms with Crippen molar-refractivity contribution in [3.05, 3.63) is 11.8 Å². The van der Waals surface area contributed by atoms with Gasteiger partial charge in [-0.1, -0.05) is 34.6 Å². The van der Waals surface area contributed by atoms with E-state index >= 15 is 0 Å². The summed E-state index contributed by atoms with van der Waals surface area (Å²) in [5.41, 5.74) is -8.13. The molecule has 278 valence electrons. The van der Waals surface area contributed by atoms with E-state index in [1.165, 1.54) is 20.8 Å². The van der Waals surface area contributed by atoms with Crippen molar-refractivity contribution >= 4 is 23.7 Å². The smallest absolute Gasteiger partial charge is 0.343 e. The van der Waals surface area contributed by atoms with E-state index in [0.717, 1.165) is 0 Å². The number of allylic oxidation sites excluding steroid dienone is 1. The third-order valence-corrected chi connectivity index (χ3v) is 14.6. The minimum atomic E-state index is -2.13. The van der Waals surface area contributed by atoms with Gasteiger partial charge in [0, 0.05) is 55.3 Å². The molecule has 0 aromatic carbocycles. The van der Waals surface area contributed by atoms with Crippen LogP contribution in [0.25, 0.3) is 0 Å². The van der Waals surface area contributed by atoms with E-state index in [1.54, 1.807) is 19.9 Å². The average Bonchev–Trinajstić information content (AvgIpc) is 3.66. The van der Waals surface area contributed by atoms with E-state index < -0.39 is 124 Å². The summed E-state index contributed by atoms with van der Waals surface area (Å²) in [6.07, 6.45) is -4.89. The third kappa shape index (κ3) is 4.33. The Morgan fingerprint density at radius 3 is 2.26 bits per heavy atom. The van der Waals surface area contributed by atoms with Crippen molar-refractivity contribution in [3.63, 3.8) is 0 Å². The first kappa shape index (κ1) is 36.0. The summed E-state index contributed by atoms with van der Waals surface area (Å²) in [7, 11) is 0. The summed E-state index contributed by atoms with van der Waals surface area (Å²) in [5, 5.41) is 47.7. The van der Waals surface area contributed by atoms with Crippen LogP contribution in [0.4, 0.5) is 0 Å². The first-order valence-corrected chi connectivity index (χ1v) is 18.0. The van der Waals surface area contributed by atoms with Gasteiger partial charge in [-0.2, -0.15) is 0 Å². The lowest BCUT2D eigenvalue weighted by atomic mass is 9.40. The third-order valence-electron chi connectivity index (χ3n) is 14.6. The molecule has 7 rings (SSSR count). The largest absolute Gasteiger partial charge is 0.462 e. The highest BCUT2D eigenvalue weighted by Crippen LogP contribution is 2.76. The highest BCUT2D eigenvalue weighted by molar-refractivity contribution is 5.94. The number of carbonyl (C=O) groups excluding carboxylic acids is 4. The van der Waals surface area contributed by atoms with Crippen LogP contribution in [0.3, 0.4) is 0 Å². The summed E-state index contributed by atoms with van der Waals surface area (Å²) in [5.74, 6) is -6.81. The van der Waals surface area contributed by atoms with Gasteiger partial charge >= 0.3 is 17.9 Å². The number of rotatable bonds is 6. The van der Waals surface area contributed by atoms with Crippen molar-refractivity contribution in [1.29, 1.82) is 0 Å². The van der Waals surface area contributed by atoms with Crippen molar-refractivity contribution < 1.29 is 63.3 Å². The van der Waals surface area contributed by atoms with Gasteiger partial charge in [-0.15, -0.1) is 0 Å². The molecule has 0 spiro atoms. The van der Waals surface area contributed by atoms with Crippen LogP contribution in [0, 0.1) is 57.7 Å². The summed E-state index contributed by atoms with van der Waals surface area (Å²) < 4.78 is 30.5. The number of hydrogen-bond donors (Lipinski definition) is 4. The molecule has 0 bridgehead atoms. The molecule has 13 nitrogen and oxygen atoms in total. The fourth-order valence-electron chi connectivity index (χ4n) is 12.3. The number of Topliss-reactive ketones (excluding diaryl/α,β-unsaturated/α-hetero) is 1. The Labute approximate surface area is 292 Å². The molecule has 2 aliphatic heterocycles. The number of ketones is 1. The van der Waals surface area contributed by atoms with Gasteiger partial charge in [0.1, 0.15) is 35.8 Å². The maximum atomic E-state index is 14.6. The molecule has 6 fully saturated rings. The van der Waals surface area contributed by atoms with Crippen LogP contribution in [0.15, 0.2) is 11.8 Å². The van der Waals surface area contributed by atoms with Crippen LogP contribution in [0.2, 0.25) is 0 Å². The molecule has 4 N–H and O–H groups in total. The molecule has 2 saturated heterocycles. The van der Waals surface area contributed by atoms with Crippen molar-refractivity contribution in [2.45, 2.75) is 136 Å². The minimum Gasteiger partial charge on any atom is -0.462 e. The van der Waals surface area contributed by atoms with Crippen molar-refractivity contribution in [3.8, 4) is 0 Å². The summed E-state index contributed by atoms with van der Waals surface area (Å²) in [6, 6.07) is 0. The van der Waals surface area contributed by atoms with Crippen LogP contribution in [-0.4, -0.2) is 98.2 Å². The molecular weight excluding hydrogens is 652 g/mol. The Hall–Kier alpha value is -2.42. The van der Waals surface area contributed by atoms with Gasteiger partial charge in [-0.3, -0.25) is 14.4 Å². The van der Waals surface area contributed by atoms with Crippen LogP contribution in [0.5, 0.6) is 0 Å². The van der Waals surface area contributed by atoms with Crippen LogP contribution >= 0.6 is 0 Å². The van der Waals surface area contributed by atoms with E-state index in [0.29, 0.717) is 0 Å². The average molecular weight is 705 g/mol. The lowest BCUT2D eigenvalue weighted by Gasteiger charge is -2.65. The topological polar surface area (TPSA) is 199 Å². The number of fused-ring (bicyclic) bond motifs is 10. The number of aliphatic hydroxyl groups excluding tert-OH is 2. The zero-order chi connectivity index (χ0) is 36.8. The van der Waals surface area contributed by atoms with Crippen LogP contribution < -0.4 is 0 Å². The molecule has 4 saturated carbocycles. The molecular formula is C37H52O13. The molecule has 2 unspecified atom stereocenters. The van der Waals surface area contributed by atoms with E-state index in [9.17, 15) is 39.6 Å². The molecule has 0 aromatic heterocycles. The molecule has 2 heterocycles. The van der Waals surface area contributed by atoms with Gasteiger partial charge in [0.15, 0.2) is 17.7 Å². The zero-order valence-corrected chi connectivity index (χ0v) is 30.2. The first-order valence-electron chi connectivity index (χ1n) is 18.0. The molecule has 5 aliphatic carbocycles. The number of esters is 3. The van der Waals surface area contributed by atoms with E-state index in [4.69, 9.17) is 23.7 Å². The fourth-order valence-corrected chi connectivity index (χ4v) is 12.3. The van der Waals surface area contributed by atoms with E-state index in [2.05, 4.69) is 0 Å². The minimum absolute atomic E-state index is 0.0688. The van der Waals surface area contributed by atoms with Crippen LogP contribution in [0.1, 0.15) is 81.6 Å². The molecule has 0 amide bonds. The maximum Gasteiger partial charge on any atom is 0.343 e. The SMILES string of the molecule is CC(=O)O[C@@H]1[C@H]2[C@H]3C(C[C@H](OC(C)=O)[C@]2(C)[C@@H]2[C@@H]1[C@]1(C)C(=C[C@H]2C)OC(=O)[C@@]1(C)O)[C@@]1(C)[C@@H](OC(O)CC(C)C)[C@H]2O[C@H]2C[C@]1(O)C(=O)[C@@H]3O. The predicted octanol–water partition coefficient (Wildman–Crippen LogP) is 1.80. The van der Waals surface area contributed by atoms with Gasteiger partial charge < -0.3 is 44.1 Å². The Bertz CT molecular complexity index is 1540. The van der Waals surface area contributed by atoms with Crippen LogP contribution in [-0.2, 0) is 42.9 Å². The quantitative estimate of drug-likeness (QED) is 0.135. The number of epoxide rings is 1.